The largest absolute Gasteiger partial charge is 0.497 e. The minimum atomic E-state index is -0.236. The lowest BCUT2D eigenvalue weighted by molar-refractivity contribution is -0.121. The Bertz CT molecular complexity index is 458. The van der Waals surface area contributed by atoms with Gasteiger partial charge in [-0.25, -0.2) is 0 Å². The van der Waals surface area contributed by atoms with Gasteiger partial charge in [0.15, 0.2) is 0 Å². The number of hydrogen-bond donors (Lipinski definition) is 2. The van der Waals surface area contributed by atoms with Crippen molar-refractivity contribution in [2.24, 2.45) is 0 Å². The highest BCUT2D eigenvalue weighted by Crippen LogP contribution is 2.23. The third-order valence-electron chi connectivity index (χ3n) is 3.09. The Kier molecular flexibility index (Phi) is 5.20. The molecular formula is C14H20N2O4. The Labute approximate surface area is 118 Å². The molecule has 1 saturated heterocycles. The van der Waals surface area contributed by atoms with Crippen LogP contribution in [0.4, 0.5) is 11.4 Å². The first-order chi connectivity index (χ1) is 9.69. The summed E-state index contributed by atoms with van der Waals surface area (Å²) in [5.41, 5.74) is 6.83. The van der Waals surface area contributed by atoms with Gasteiger partial charge in [0, 0.05) is 12.7 Å². The van der Waals surface area contributed by atoms with Gasteiger partial charge in [0.1, 0.15) is 12.4 Å². The predicted molar refractivity (Wildman–Crippen MR) is 75.8 cm³/mol. The molecule has 0 saturated carbocycles. The van der Waals surface area contributed by atoms with Gasteiger partial charge in [-0.15, -0.1) is 0 Å². The Morgan fingerprint density at radius 2 is 2.40 bits per heavy atom. The van der Waals surface area contributed by atoms with E-state index < -0.39 is 0 Å². The predicted octanol–water partition coefficient (Wildman–Crippen LogP) is 1.41. The van der Waals surface area contributed by atoms with Gasteiger partial charge in [-0.2, -0.15) is 0 Å². The molecule has 1 heterocycles. The third kappa shape index (κ3) is 4.11. The van der Waals surface area contributed by atoms with Crippen LogP contribution in [0.3, 0.4) is 0 Å². The van der Waals surface area contributed by atoms with E-state index in [9.17, 15) is 4.79 Å². The number of nitrogen functional groups attached to an aromatic ring is 1. The lowest BCUT2D eigenvalue weighted by Gasteiger charge is -2.11. The second kappa shape index (κ2) is 7.12. The fourth-order valence-corrected chi connectivity index (χ4v) is 2.03. The molecule has 0 bridgehead atoms. The van der Waals surface area contributed by atoms with Crippen molar-refractivity contribution in [2.75, 3.05) is 38.0 Å². The monoisotopic (exact) mass is 280 g/mol. The van der Waals surface area contributed by atoms with E-state index in [1.165, 1.54) is 0 Å². The van der Waals surface area contributed by atoms with E-state index in [2.05, 4.69) is 5.32 Å². The zero-order chi connectivity index (χ0) is 14.4. The number of nitrogens with one attached hydrogen (secondary N) is 1. The summed E-state index contributed by atoms with van der Waals surface area (Å²) in [5.74, 6) is 0.412. The van der Waals surface area contributed by atoms with Gasteiger partial charge in [0.25, 0.3) is 0 Å². The summed E-state index contributed by atoms with van der Waals surface area (Å²) >= 11 is 0. The minimum Gasteiger partial charge on any atom is -0.497 e. The number of carbonyl (C=O) groups is 1. The van der Waals surface area contributed by atoms with Crippen molar-refractivity contribution in [2.45, 2.75) is 18.9 Å². The van der Waals surface area contributed by atoms with Gasteiger partial charge in [-0.1, -0.05) is 0 Å². The Morgan fingerprint density at radius 1 is 1.55 bits per heavy atom. The Hall–Kier alpha value is -1.79. The first kappa shape index (κ1) is 14.6. The SMILES string of the molecule is COc1ccc(NC(=O)COCC2CCCO2)c(N)c1. The van der Waals surface area contributed by atoms with Gasteiger partial charge < -0.3 is 25.3 Å². The number of methoxy groups -OCH3 is 1. The highest BCUT2D eigenvalue weighted by atomic mass is 16.5. The van der Waals surface area contributed by atoms with Crippen molar-refractivity contribution in [1.29, 1.82) is 0 Å². The van der Waals surface area contributed by atoms with Crippen LogP contribution >= 0.6 is 0 Å². The summed E-state index contributed by atoms with van der Waals surface area (Å²) in [6.07, 6.45) is 2.17. The molecule has 1 amide bonds. The van der Waals surface area contributed by atoms with Crippen LogP contribution < -0.4 is 15.8 Å². The summed E-state index contributed by atoms with van der Waals surface area (Å²) in [6, 6.07) is 5.09. The molecule has 1 fully saturated rings. The summed E-state index contributed by atoms with van der Waals surface area (Å²) in [5, 5.41) is 2.70. The molecule has 20 heavy (non-hydrogen) atoms. The number of amides is 1. The molecular weight excluding hydrogens is 260 g/mol. The molecule has 0 aromatic heterocycles. The van der Waals surface area contributed by atoms with Crippen LogP contribution in [0.15, 0.2) is 18.2 Å². The van der Waals surface area contributed by atoms with Gasteiger partial charge >= 0.3 is 0 Å². The average molecular weight is 280 g/mol. The molecule has 110 valence electrons. The fraction of sp³-hybridized carbons (Fsp3) is 0.500. The second-order valence-corrected chi connectivity index (χ2v) is 4.65. The van der Waals surface area contributed by atoms with E-state index in [0.29, 0.717) is 23.7 Å². The van der Waals surface area contributed by atoms with Crippen LogP contribution in [0.25, 0.3) is 0 Å². The minimum absolute atomic E-state index is 0.00860. The van der Waals surface area contributed by atoms with Crippen LogP contribution in [0, 0.1) is 0 Å². The summed E-state index contributed by atoms with van der Waals surface area (Å²) in [6.45, 7) is 1.22. The topological polar surface area (TPSA) is 82.8 Å². The van der Waals surface area contributed by atoms with Gasteiger partial charge in [-0.3, -0.25) is 4.79 Å². The van der Waals surface area contributed by atoms with Crippen LogP contribution in [0.2, 0.25) is 0 Å². The van der Waals surface area contributed by atoms with Crippen molar-refractivity contribution >= 4 is 17.3 Å². The van der Waals surface area contributed by atoms with Crippen LogP contribution in [0.1, 0.15) is 12.8 Å². The van der Waals surface area contributed by atoms with E-state index in [-0.39, 0.29) is 18.6 Å². The van der Waals surface area contributed by atoms with E-state index >= 15 is 0 Å². The number of hydrogen-bond acceptors (Lipinski definition) is 5. The zero-order valence-corrected chi connectivity index (χ0v) is 11.6. The Morgan fingerprint density at radius 3 is 3.05 bits per heavy atom. The molecule has 3 N–H and O–H groups in total. The maximum atomic E-state index is 11.7. The van der Waals surface area contributed by atoms with Gasteiger partial charge in [0.05, 0.1) is 31.2 Å². The normalized spacial score (nSPS) is 17.9. The number of ether oxygens (including phenoxy) is 3. The summed E-state index contributed by atoms with van der Waals surface area (Å²) < 4.78 is 15.8. The first-order valence-electron chi connectivity index (χ1n) is 6.61. The summed E-state index contributed by atoms with van der Waals surface area (Å²) in [7, 11) is 1.56. The number of nitrogens with two attached hydrogens (primary N) is 1. The van der Waals surface area contributed by atoms with Gasteiger partial charge in [0.2, 0.25) is 5.91 Å². The standard InChI is InChI=1S/C14H20N2O4/c1-18-10-4-5-13(12(15)7-10)16-14(17)9-19-8-11-3-2-6-20-11/h4-5,7,11H,2-3,6,8-9,15H2,1H3,(H,16,17). The van der Waals surface area contributed by atoms with Crippen LogP contribution in [-0.2, 0) is 14.3 Å². The molecule has 1 atom stereocenters. The lowest BCUT2D eigenvalue weighted by atomic mass is 10.2. The van der Waals surface area contributed by atoms with Gasteiger partial charge in [-0.05, 0) is 25.0 Å². The van der Waals surface area contributed by atoms with Crippen LogP contribution in [0.5, 0.6) is 5.75 Å². The third-order valence-corrected chi connectivity index (χ3v) is 3.09. The molecule has 0 radical (unpaired) electrons. The quantitative estimate of drug-likeness (QED) is 0.770. The van der Waals surface area contributed by atoms with Crippen molar-refractivity contribution < 1.29 is 19.0 Å². The van der Waals surface area contributed by atoms with Crippen molar-refractivity contribution in [3.63, 3.8) is 0 Å². The molecule has 6 nitrogen and oxygen atoms in total. The molecule has 1 aromatic rings. The van der Waals surface area contributed by atoms with Crippen LogP contribution in [-0.4, -0.2) is 38.9 Å². The maximum absolute atomic E-state index is 11.7. The smallest absolute Gasteiger partial charge is 0.250 e. The fourth-order valence-electron chi connectivity index (χ4n) is 2.03. The number of rotatable bonds is 6. The maximum Gasteiger partial charge on any atom is 0.250 e. The van der Waals surface area contributed by atoms with Crippen molar-refractivity contribution in [3.8, 4) is 5.75 Å². The van der Waals surface area contributed by atoms with Crippen molar-refractivity contribution in [3.05, 3.63) is 18.2 Å². The first-order valence-corrected chi connectivity index (χ1v) is 6.61. The number of anilines is 2. The highest BCUT2D eigenvalue weighted by Gasteiger charge is 2.16. The molecule has 0 aliphatic carbocycles. The molecule has 1 unspecified atom stereocenters. The lowest BCUT2D eigenvalue weighted by Crippen LogP contribution is -2.22. The highest BCUT2D eigenvalue weighted by molar-refractivity contribution is 5.94. The molecule has 6 heteroatoms. The van der Waals surface area contributed by atoms with E-state index in [1.54, 1.807) is 25.3 Å². The second-order valence-electron chi connectivity index (χ2n) is 4.65. The van der Waals surface area contributed by atoms with E-state index in [4.69, 9.17) is 19.9 Å². The average Bonchev–Trinajstić information content (AvgIpc) is 2.94. The molecule has 0 spiro atoms. The number of benzene rings is 1. The summed E-state index contributed by atoms with van der Waals surface area (Å²) in [4.78, 5) is 11.7. The number of carbonyl (C=O) groups excluding carboxylic acids is 1. The van der Waals surface area contributed by atoms with Crippen molar-refractivity contribution in [1.82, 2.24) is 0 Å². The van der Waals surface area contributed by atoms with E-state index in [1.807, 2.05) is 0 Å². The molecule has 1 aliphatic heterocycles. The molecule has 1 aromatic carbocycles. The molecule has 2 rings (SSSR count). The zero-order valence-electron chi connectivity index (χ0n) is 11.6. The Balaban J connectivity index is 1.76. The van der Waals surface area contributed by atoms with E-state index in [0.717, 1.165) is 19.4 Å². The molecule has 1 aliphatic rings.